The molecule has 0 saturated carbocycles. The van der Waals surface area contributed by atoms with Crippen molar-refractivity contribution >= 4 is 11.6 Å². The van der Waals surface area contributed by atoms with Crippen molar-refractivity contribution in [3.05, 3.63) is 42.0 Å². The Balaban J connectivity index is 1.44. The maximum atomic E-state index is 12.7. The molecule has 7 nitrogen and oxygen atoms in total. The molecule has 0 radical (unpaired) electrons. The number of amides is 1. The van der Waals surface area contributed by atoms with Crippen LogP contribution in [-0.2, 0) is 4.79 Å². The smallest absolute Gasteiger partial charge is 0.279 e. The number of hydrogen-bond acceptors (Lipinski definition) is 5. The number of ether oxygens (including phenoxy) is 4. The first kappa shape index (κ1) is 19.4. The number of benzene rings is 2. The molecule has 0 aromatic heterocycles. The molecule has 2 atom stereocenters. The van der Waals surface area contributed by atoms with E-state index in [1.807, 2.05) is 6.07 Å². The Hall–Kier alpha value is -2.93. The molecular weight excluding hydrogens is 372 g/mol. The summed E-state index contributed by atoms with van der Waals surface area (Å²) in [5, 5.41) is 2.98. The van der Waals surface area contributed by atoms with Crippen molar-refractivity contribution in [1.29, 1.82) is 0 Å². The van der Waals surface area contributed by atoms with Crippen molar-refractivity contribution in [1.82, 2.24) is 0 Å². The SMILES string of the molecule is COc1ccc(NC(=O)C[NH+]2CCC[C@H]2c2ccc3c(c2)OCCO3)c(OC)c1. The molecule has 2 aliphatic rings. The monoisotopic (exact) mass is 399 g/mol. The van der Waals surface area contributed by atoms with Gasteiger partial charge in [-0.1, -0.05) is 0 Å². The summed E-state index contributed by atoms with van der Waals surface area (Å²) in [7, 11) is 3.18. The molecular formula is C22H27N2O5+. The van der Waals surface area contributed by atoms with Crippen molar-refractivity contribution in [2.75, 3.05) is 45.8 Å². The van der Waals surface area contributed by atoms with Gasteiger partial charge in [0.1, 0.15) is 30.8 Å². The molecule has 0 bridgehead atoms. The van der Waals surface area contributed by atoms with E-state index < -0.39 is 0 Å². The summed E-state index contributed by atoms with van der Waals surface area (Å²) in [6, 6.07) is 11.8. The van der Waals surface area contributed by atoms with Gasteiger partial charge in [-0.25, -0.2) is 0 Å². The van der Waals surface area contributed by atoms with Crippen LogP contribution in [0.4, 0.5) is 5.69 Å². The van der Waals surface area contributed by atoms with Gasteiger partial charge in [0.15, 0.2) is 18.0 Å². The van der Waals surface area contributed by atoms with Crippen molar-refractivity contribution in [2.24, 2.45) is 0 Å². The second-order valence-electron chi connectivity index (χ2n) is 7.30. The van der Waals surface area contributed by atoms with E-state index in [0.29, 0.717) is 36.9 Å². The number of quaternary nitrogens is 1. The van der Waals surface area contributed by atoms with Gasteiger partial charge in [-0.2, -0.15) is 0 Å². The Bertz CT molecular complexity index is 886. The van der Waals surface area contributed by atoms with Crippen LogP contribution in [0.25, 0.3) is 0 Å². The second-order valence-corrected chi connectivity index (χ2v) is 7.30. The minimum absolute atomic E-state index is 0.0343. The van der Waals surface area contributed by atoms with Gasteiger partial charge >= 0.3 is 0 Å². The molecule has 7 heteroatoms. The zero-order chi connectivity index (χ0) is 20.2. The number of fused-ring (bicyclic) bond motifs is 1. The predicted octanol–water partition coefficient (Wildman–Crippen LogP) is 1.83. The summed E-state index contributed by atoms with van der Waals surface area (Å²) in [6.07, 6.45) is 2.14. The second kappa shape index (κ2) is 8.61. The highest BCUT2D eigenvalue weighted by Crippen LogP contribution is 2.33. The third-order valence-electron chi connectivity index (χ3n) is 5.52. The summed E-state index contributed by atoms with van der Waals surface area (Å²) in [6.45, 7) is 2.52. The molecule has 154 valence electrons. The molecule has 29 heavy (non-hydrogen) atoms. The van der Waals surface area contributed by atoms with Crippen LogP contribution in [-0.4, -0.2) is 46.4 Å². The fraction of sp³-hybridized carbons (Fsp3) is 0.409. The fourth-order valence-corrected chi connectivity index (χ4v) is 4.10. The molecule has 1 unspecified atom stereocenters. The number of carbonyl (C=O) groups is 1. The molecule has 2 aliphatic heterocycles. The molecule has 4 rings (SSSR count). The Morgan fingerprint density at radius 2 is 1.93 bits per heavy atom. The first-order valence-corrected chi connectivity index (χ1v) is 9.94. The minimum Gasteiger partial charge on any atom is -0.497 e. The number of rotatable bonds is 6. The molecule has 2 aromatic carbocycles. The van der Waals surface area contributed by atoms with Gasteiger partial charge in [0.25, 0.3) is 5.91 Å². The molecule has 2 heterocycles. The number of hydrogen-bond donors (Lipinski definition) is 2. The van der Waals surface area contributed by atoms with Crippen molar-refractivity contribution in [2.45, 2.75) is 18.9 Å². The van der Waals surface area contributed by atoms with Crippen LogP contribution < -0.4 is 29.2 Å². The van der Waals surface area contributed by atoms with Crippen LogP contribution in [0.2, 0.25) is 0 Å². The van der Waals surface area contributed by atoms with Crippen LogP contribution in [0, 0.1) is 0 Å². The van der Waals surface area contributed by atoms with E-state index in [2.05, 4.69) is 17.4 Å². The highest BCUT2D eigenvalue weighted by molar-refractivity contribution is 5.93. The largest absolute Gasteiger partial charge is 0.497 e. The number of anilines is 1. The fourth-order valence-electron chi connectivity index (χ4n) is 4.10. The van der Waals surface area contributed by atoms with E-state index in [9.17, 15) is 4.79 Å². The lowest BCUT2D eigenvalue weighted by Crippen LogP contribution is -3.11. The van der Waals surface area contributed by atoms with Crippen LogP contribution in [0.1, 0.15) is 24.4 Å². The van der Waals surface area contributed by atoms with Gasteiger partial charge < -0.3 is 29.2 Å². The van der Waals surface area contributed by atoms with Crippen molar-refractivity contribution in [3.63, 3.8) is 0 Å². The maximum absolute atomic E-state index is 12.7. The zero-order valence-electron chi connectivity index (χ0n) is 16.8. The standard InChI is InChI=1S/C22H26N2O5/c1-26-16-6-7-17(20(13-16)27-2)23-22(25)14-24-9-3-4-18(24)15-5-8-19-21(12-15)29-11-10-28-19/h5-8,12-13,18H,3-4,9-11,14H2,1-2H3,(H,23,25)/p+1/t18-/m0/s1. The van der Waals surface area contributed by atoms with E-state index in [1.165, 1.54) is 10.5 Å². The summed E-state index contributed by atoms with van der Waals surface area (Å²) in [4.78, 5) is 14.0. The number of likely N-dealkylation sites (tertiary alicyclic amines) is 1. The lowest BCUT2D eigenvalue weighted by Gasteiger charge is -2.24. The van der Waals surface area contributed by atoms with Gasteiger partial charge in [0, 0.05) is 24.5 Å². The van der Waals surface area contributed by atoms with Crippen LogP contribution in [0.5, 0.6) is 23.0 Å². The van der Waals surface area contributed by atoms with E-state index in [4.69, 9.17) is 18.9 Å². The van der Waals surface area contributed by atoms with Gasteiger partial charge in [0.2, 0.25) is 0 Å². The highest BCUT2D eigenvalue weighted by atomic mass is 16.6. The molecule has 2 N–H and O–H groups in total. The Morgan fingerprint density at radius 3 is 2.72 bits per heavy atom. The summed E-state index contributed by atoms with van der Waals surface area (Å²) in [5.41, 5.74) is 1.84. The van der Waals surface area contributed by atoms with E-state index in [1.54, 1.807) is 32.4 Å². The number of carbonyl (C=O) groups excluding carboxylic acids is 1. The first-order valence-electron chi connectivity index (χ1n) is 9.94. The van der Waals surface area contributed by atoms with Crippen molar-refractivity contribution in [3.8, 4) is 23.0 Å². The molecule has 2 aromatic rings. The average Bonchev–Trinajstić information content (AvgIpc) is 3.21. The van der Waals surface area contributed by atoms with Gasteiger partial charge in [-0.3, -0.25) is 4.79 Å². The first-order chi connectivity index (χ1) is 14.2. The lowest BCUT2D eigenvalue weighted by atomic mass is 10.0. The topological polar surface area (TPSA) is 70.5 Å². The third-order valence-corrected chi connectivity index (χ3v) is 5.52. The zero-order valence-corrected chi connectivity index (χ0v) is 16.8. The Labute approximate surface area is 170 Å². The van der Waals surface area contributed by atoms with Gasteiger partial charge in [-0.05, 0) is 30.3 Å². The molecule has 0 spiro atoms. The van der Waals surface area contributed by atoms with Gasteiger partial charge in [0.05, 0.1) is 26.5 Å². The number of methoxy groups -OCH3 is 2. The minimum atomic E-state index is -0.0343. The maximum Gasteiger partial charge on any atom is 0.279 e. The third kappa shape index (κ3) is 4.24. The van der Waals surface area contributed by atoms with E-state index in [-0.39, 0.29) is 11.9 Å². The molecule has 0 aliphatic carbocycles. The van der Waals surface area contributed by atoms with E-state index >= 15 is 0 Å². The molecule has 1 saturated heterocycles. The van der Waals surface area contributed by atoms with Crippen LogP contribution in [0.15, 0.2) is 36.4 Å². The highest BCUT2D eigenvalue weighted by Gasteiger charge is 2.32. The molecule has 1 amide bonds. The van der Waals surface area contributed by atoms with Crippen molar-refractivity contribution < 1.29 is 28.6 Å². The van der Waals surface area contributed by atoms with E-state index in [0.717, 1.165) is 30.9 Å². The van der Waals surface area contributed by atoms with Gasteiger partial charge in [-0.15, -0.1) is 0 Å². The summed E-state index contributed by atoms with van der Waals surface area (Å²) >= 11 is 0. The quantitative estimate of drug-likeness (QED) is 0.776. The van der Waals surface area contributed by atoms with Crippen LogP contribution >= 0.6 is 0 Å². The normalized spacial score (nSPS) is 20.2. The van der Waals surface area contributed by atoms with Crippen LogP contribution in [0.3, 0.4) is 0 Å². The summed E-state index contributed by atoms with van der Waals surface area (Å²) < 4.78 is 21.9. The lowest BCUT2D eigenvalue weighted by molar-refractivity contribution is -0.910. The number of nitrogens with one attached hydrogen (secondary N) is 2. The Morgan fingerprint density at radius 1 is 1.10 bits per heavy atom. The summed E-state index contributed by atoms with van der Waals surface area (Å²) in [5.74, 6) is 2.82. The average molecular weight is 399 g/mol. The molecule has 1 fully saturated rings. The Kier molecular flexibility index (Phi) is 5.76. The predicted molar refractivity (Wildman–Crippen MR) is 108 cm³/mol.